The highest BCUT2D eigenvalue weighted by molar-refractivity contribution is 7.86. The van der Waals surface area contributed by atoms with Crippen LogP contribution in [-0.2, 0) is 14.9 Å². The van der Waals surface area contributed by atoms with Gasteiger partial charge in [0.05, 0.1) is 0 Å². The fourth-order valence-electron chi connectivity index (χ4n) is 2.51. The minimum Gasteiger partial charge on any atom is -0.466 e. The Morgan fingerprint density at radius 3 is 2.37 bits per heavy atom. The van der Waals surface area contributed by atoms with Gasteiger partial charge in [0.25, 0.3) is 16.0 Å². The third-order valence-corrected chi connectivity index (χ3v) is 4.74. The summed E-state index contributed by atoms with van der Waals surface area (Å²) >= 11 is 0. The Morgan fingerprint density at radius 1 is 1.04 bits per heavy atom. The van der Waals surface area contributed by atoms with Crippen molar-refractivity contribution in [3.8, 4) is 11.6 Å². The van der Waals surface area contributed by atoms with Crippen LogP contribution >= 0.6 is 0 Å². The summed E-state index contributed by atoms with van der Waals surface area (Å²) in [5.74, 6) is -1.25. The lowest BCUT2D eigenvalue weighted by atomic mass is 10.0. The SMILES string of the molecule is O=S(=O)(O)C1O[C@H](Oc2ccccc2)[C@@H](O)[C@H](Oc2ncccc2F)[C@H]1O. The topological polar surface area (TPSA) is 135 Å². The van der Waals surface area contributed by atoms with Crippen LogP contribution in [0, 0.1) is 5.82 Å². The number of ether oxygens (including phenoxy) is 3. The van der Waals surface area contributed by atoms with Crippen molar-refractivity contribution in [1.29, 1.82) is 0 Å². The number of hydrogen-bond donors (Lipinski definition) is 3. The van der Waals surface area contributed by atoms with Gasteiger partial charge in [0.2, 0.25) is 11.7 Å². The third-order valence-electron chi connectivity index (χ3n) is 3.76. The molecule has 1 aliphatic rings. The zero-order chi connectivity index (χ0) is 19.6. The Kier molecular flexibility index (Phi) is 5.58. The van der Waals surface area contributed by atoms with Gasteiger partial charge in [-0.2, -0.15) is 8.42 Å². The number of nitrogens with zero attached hydrogens (tertiary/aromatic N) is 1. The molecule has 27 heavy (non-hydrogen) atoms. The molecule has 0 spiro atoms. The average molecular weight is 401 g/mol. The Labute approximate surface area is 153 Å². The van der Waals surface area contributed by atoms with Crippen LogP contribution in [0.25, 0.3) is 0 Å². The molecule has 0 aliphatic carbocycles. The molecule has 2 heterocycles. The van der Waals surface area contributed by atoms with Crippen molar-refractivity contribution < 1.29 is 41.8 Å². The van der Waals surface area contributed by atoms with Crippen LogP contribution < -0.4 is 9.47 Å². The van der Waals surface area contributed by atoms with E-state index < -0.39 is 51.9 Å². The molecule has 1 unspecified atom stereocenters. The highest BCUT2D eigenvalue weighted by Crippen LogP contribution is 2.29. The first-order chi connectivity index (χ1) is 12.8. The smallest absolute Gasteiger partial charge is 0.295 e. The largest absolute Gasteiger partial charge is 0.466 e. The molecule has 3 rings (SSSR count). The summed E-state index contributed by atoms with van der Waals surface area (Å²) in [7, 11) is -4.92. The Balaban J connectivity index is 1.90. The highest BCUT2D eigenvalue weighted by atomic mass is 32.2. The van der Waals surface area contributed by atoms with E-state index in [1.165, 1.54) is 24.4 Å². The molecule has 3 N–H and O–H groups in total. The maximum Gasteiger partial charge on any atom is 0.295 e. The number of aliphatic hydroxyl groups excluding tert-OH is 2. The van der Waals surface area contributed by atoms with E-state index >= 15 is 0 Å². The molecule has 146 valence electrons. The van der Waals surface area contributed by atoms with Crippen molar-refractivity contribution in [2.24, 2.45) is 0 Å². The first-order valence-corrected chi connectivity index (χ1v) is 9.24. The molecular formula is C16H16FNO8S. The molecule has 1 fully saturated rings. The lowest BCUT2D eigenvalue weighted by Crippen LogP contribution is -2.63. The lowest BCUT2D eigenvalue weighted by Gasteiger charge is -2.40. The fraction of sp³-hybridized carbons (Fsp3) is 0.312. The summed E-state index contributed by atoms with van der Waals surface area (Å²) in [6, 6.07) is 10.3. The van der Waals surface area contributed by atoms with Gasteiger partial charge in [0, 0.05) is 6.20 Å². The molecule has 1 aromatic carbocycles. The zero-order valence-electron chi connectivity index (χ0n) is 13.6. The van der Waals surface area contributed by atoms with Gasteiger partial charge >= 0.3 is 0 Å². The predicted molar refractivity (Wildman–Crippen MR) is 87.9 cm³/mol. The second-order valence-corrected chi connectivity index (χ2v) is 7.17. The summed E-state index contributed by atoms with van der Waals surface area (Å²) in [6.45, 7) is 0. The van der Waals surface area contributed by atoms with Crippen molar-refractivity contribution in [1.82, 2.24) is 4.98 Å². The van der Waals surface area contributed by atoms with Gasteiger partial charge in [-0.1, -0.05) is 18.2 Å². The van der Waals surface area contributed by atoms with Crippen molar-refractivity contribution in [3.05, 3.63) is 54.5 Å². The van der Waals surface area contributed by atoms with Crippen LogP contribution in [0.1, 0.15) is 0 Å². The van der Waals surface area contributed by atoms with Crippen LogP contribution in [0.5, 0.6) is 11.6 Å². The van der Waals surface area contributed by atoms with Gasteiger partial charge in [-0.25, -0.2) is 9.37 Å². The maximum absolute atomic E-state index is 13.8. The van der Waals surface area contributed by atoms with Crippen molar-refractivity contribution >= 4 is 10.1 Å². The lowest BCUT2D eigenvalue weighted by molar-refractivity contribution is -0.249. The van der Waals surface area contributed by atoms with E-state index in [1.807, 2.05) is 0 Å². The summed E-state index contributed by atoms with van der Waals surface area (Å²) in [5.41, 5.74) is -2.19. The normalized spacial score (nSPS) is 28.5. The molecule has 0 amide bonds. The van der Waals surface area contributed by atoms with Gasteiger partial charge in [-0.15, -0.1) is 0 Å². The first kappa shape index (κ1) is 19.5. The number of halogens is 1. The summed E-state index contributed by atoms with van der Waals surface area (Å²) in [6.07, 6.45) is -5.94. The monoisotopic (exact) mass is 401 g/mol. The second-order valence-electron chi connectivity index (χ2n) is 5.67. The van der Waals surface area contributed by atoms with E-state index in [2.05, 4.69) is 4.98 Å². The second kappa shape index (κ2) is 7.74. The van der Waals surface area contributed by atoms with Gasteiger partial charge in [0.1, 0.15) is 11.9 Å². The van der Waals surface area contributed by atoms with Crippen molar-refractivity contribution in [2.75, 3.05) is 0 Å². The first-order valence-electron chi connectivity index (χ1n) is 7.74. The number of pyridine rings is 1. The van der Waals surface area contributed by atoms with Crippen LogP contribution in [0.2, 0.25) is 0 Å². The zero-order valence-corrected chi connectivity index (χ0v) is 14.4. The minimum atomic E-state index is -4.92. The number of hydrogen-bond acceptors (Lipinski definition) is 8. The third kappa shape index (κ3) is 4.34. The highest BCUT2D eigenvalue weighted by Gasteiger charge is 2.52. The number of rotatable bonds is 5. The van der Waals surface area contributed by atoms with Crippen LogP contribution in [0.15, 0.2) is 48.7 Å². The standard InChI is InChI=1S/C16H16FNO8S/c17-10-7-4-8-18-14(10)25-13-11(19)15(24-9-5-2-1-3-6-9)26-16(12(13)20)27(21,22)23/h1-8,11-13,15-16,19-20H,(H,21,22,23)/t11-,12+,13-,15-,16?/m0/s1. The molecule has 1 aliphatic heterocycles. The summed E-state index contributed by atoms with van der Waals surface area (Å²) in [4.78, 5) is 3.62. The summed E-state index contributed by atoms with van der Waals surface area (Å²) < 4.78 is 61.8. The molecule has 1 saturated heterocycles. The Bertz CT molecular complexity index is 881. The maximum atomic E-state index is 13.8. The van der Waals surface area contributed by atoms with E-state index in [4.69, 9.17) is 14.2 Å². The van der Waals surface area contributed by atoms with Gasteiger partial charge in [0.15, 0.2) is 18.0 Å². The molecule has 0 bridgehead atoms. The quantitative estimate of drug-likeness (QED) is 0.606. The van der Waals surface area contributed by atoms with Crippen LogP contribution in [-0.4, -0.2) is 58.2 Å². The van der Waals surface area contributed by atoms with Crippen molar-refractivity contribution in [2.45, 2.75) is 30.0 Å². The number of aromatic nitrogens is 1. The van der Waals surface area contributed by atoms with E-state index in [1.54, 1.807) is 18.2 Å². The molecule has 0 radical (unpaired) electrons. The van der Waals surface area contributed by atoms with E-state index in [-0.39, 0.29) is 5.75 Å². The average Bonchev–Trinajstić information content (AvgIpc) is 2.62. The molecule has 11 heteroatoms. The van der Waals surface area contributed by atoms with Crippen LogP contribution in [0.3, 0.4) is 0 Å². The fourth-order valence-corrected chi connectivity index (χ4v) is 3.27. The van der Waals surface area contributed by atoms with Crippen molar-refractivity contribution in [3.63, 3.8) is 0 Å². The van der Waals surface area contributed by atoms with E-state index in [0.29, 0.717) is 0 Å². The number of benzene rings is 1. The van der Waals surface area contributed by atoms with Gasteiger partial charge < -0.3 is 24.4 Å². The molecule has 1 aromatic heterocycles. The molecule has 2 aromatic rings. The number of aliphatic hydroxyl groups is 2. The minimum absolute atomic E-state index is 0.217. The molecule has 5 atom stereocenters. The Morgan fingerprint density at radius 2 is 1.74 bits per heavy atom. The van der Waals surface area contributed by atoms with Gasteiger partial charge in [-0.05, 0) is 24.3 Å². The molecular weight excluding hydrogens is 385 g/mol. The predicted octanol–water partition coefficient (Wildman–Crippen LogP) is 0.339. The Hall–Kier alpha value is -2.31. The van der Waals surface area contributed by atoms with E-state index in [0.717, 1.165) is 6.07 Å². The van der Waals surface area contributed by atoms with E-state index in [9.17, 15) is 27.6 Å². The van der Waals surface area contributed by atoms with Crippen LogP contribution in [0.4, 0.5) is 4.39 Å². The number of para-hydroxylation sites is 1. The summed E-state index contributed by atoms with van der Waals surface area (Å²) in [5, 5.41) is 20.7. The molecule has 9 nitrogen and oxygen atoms in total. The van der Waals surface area contributed by atoms with Gasteiger partial charge in [-0.3, -0.25) is 4.55 Å². The molecule has 0 saturated carbocycles.